The third-order valence-electron chi connectivity index (χ3n) is 5.85. The summed E-state index contributed by atoms with van der Waals surface area (Å²) in [5, 5.41) is 0. The number of unbranched alkanes of at least 4 members (excludes halogenated alkanes) is 6. The van der Waals surface area contributed by atoms with Gasteiger partial charge in [-0.05, 0) is 49.7 Å². The van der Waals surface area contributed by atoms with Gasteiger partial charge in [0.15, 0.2) is 0 Å². The van der Waals surface area contributed by atoms with Crippen molar-refractivity contribution in [1.82, 2.24) is 0 Å². The summed E-state index contributed by atoms with van der Waals surface area (Å²) in [5.74, 6) is 0.153. The van der Waals surface area contributed by atoms with Gasteiger partial charge in [0.1, 0.15) is 0 Å². The Kier molecular flexibility index (Phi) is 21.5. The molecular formula is C28H50O4. The maximum Gasteiger partial charge on any atom is 0.311 e. The molecule has 2 unspecified atom stereocenters. The Bertz CT molecular complexity index is 464. The van der Waals surface area contributed by atoms with Crippen LogP contribution in [0.15, 0.2) is 24.7 Å². The topological polar surface area (TPSA) is 52.6 Å². The highest BCUT2D eigenvalue weighted by Gasteiger charge is 2.10. The van der Waals surface area contributed by atoms with E-state index in [1.165, 1.54) is 76.7 Å². The van der Waals surface area contributed by atoms with Crippen molar-refractivity contribution < 1.29 is 19.1 Å². The van der Waals surface area contributed by atoms with E-state index >= 15 is 0 Å². The van der Waals surface area contributed by atoms with E-state index in [1.807, 2.05) is 12.2 Å². The summed E-state index contributed by atoms with van der Waals surface area (Å²) in [5.41, 5.74) is 0. The second-order valence-electron chi connectivity index (χ2n) is 8.93. The van der Waals surface area contributed by atoms with Gasteiger partial charge in [-0.1, -0.05) is 91.9 Å². The maximum absolute atomic E-state index is 12.0. The van der Waals surface area contributed by atoms with Crippen molar-refractivity contribution in [3.63, 3.8) is 0 Å². The van der Waals surface area contributed by atoms with Gasteiger partial charge in [-0.15, -0.1) is 0 Å². The highest BCUT2D eigenvalue weighted by atomic mass is 16.5. The summed E-state index contributed by atoms with van der Waals surface area (Å²) < 4.78 is 10.4. The lowest BCUT2D eigenvalue weighted by atomic mass is 9.96. The van der Waals surface area contributed by atoms with Crippen molar-refractivity contribution >= 4 is 11.9 Å². The second-order valence-corrected chi connectivity index (χ2v) is 8.93. The SMILES string of the molecule is CCCCCC(C=COC(=O)CCC(=O)OC=CC(CCCC)CCCCC)CCCC. The monoisotopic (exact) mass is 450 g/mol. The predicted octanol–water partition coefficient (Wildman–Crippen LogP) is 8.65. The van der Waals surface area contributed by atoms with E-state index in [0.717, 1.165) is 25.7 Å². The summed E-state index contributed by atoms with van der Waals surface area (Å²) >= 11 is 0. The third-order valence-corrected chi connectivity index (χ3v) is 5.85. The molecule has 0 aliphatic carbocycles. The molecule has 0 aromatic carbocycles. The Morgan fingerprint density at radius 3 is 1.25 bits per heavy atom. The molecule has 0 spiro atoms. The molecule has 0 fully saturated rings. The van der Waals surface area contributed by atoms with Gasteiger partial charge in [0.25, 0.3) is 0 Å². The molecule has 0 amide bonds. The van der Waals surface area contributed by atoms with Crippen LogP contribution in [-0.2, 0) is 19.1 Å². The smallest absolute Gasteiger partial charge is 0.311 e. The first-order chi connectivity index (χ1) is 15.6. The first-order valence-corrected chi connectivity index (χ1v) is 13.3. The zero-order chi connectivity index (χ0) is 23.9. The Balaban J connectivity index is 4.26. The minimum atomic E-state index is -0.384. The van der Waals surface area contributed by atoms with Gasteiger partial charge in [-0.2, -0.15) is 0 Å². The summed E-state index contributed by atoms with van der Waals surface area (Å²) in [6.45, 7) is 8.80. The van der Waals surface area contributed by atoms with E-state index in [4.69, 9.17) is 9.47 Å². The van der Waals surface area contributed by atoms with Gasteiger partial charge in [0.05, 0.1) is 25.4 Å². The molecule has 0 aliphatic heterocycles. The molecule has 0 aromatic heterocycles. The van der Waals surface area contributed by atoms with Crippen LogP contribution >= 0.6 is 0 Å². The van der Waals surface area contributed by atoms with E-state index < -0.39 is 0 Å². The van der Waals surface area contributed by atoms with E-state index in [9.17, 15) is 9.59 Å². The fourth-order valence-electron chi connectivity index (χ4n) is 3.69. The number of carbonyl (C=O) groups is 2. The summed E-state index contributed by atoms with van der Waals surface area (Å²) in [6.07, 6.45) is 23.7. The molecule has 2 atom stereocenters. The van der Waals surface area contributed by atoms with Gasteiger partial charge in [0.2, 0.25) is 0 Å². The highest BCUT2D eigenvalue weighted by Crippen LogP contribution is 2.19. The average molecular weight is 451 g/mol. The molecular weight excluding hydrogens is 400 g/mol. The van der Waals surface area contributed by atoms with Gasteiger partial charge < -0.3 is 9.47 Å². The minimum Gasteiger partial charge on any atom is -0.435 e. The van der Waals surface area contributed by atoms with Gasteiger partial charge >= 0.3 is 11.9 Å². The van der Waals surface area contributed by atoms with E-state index in [1.54, 1.807) is 0 Å². The normalized spacial score (nSPS) is 13.5. The Labute approximate surface area is 198 Å². The molecule has 0 bridgehead atoms. The molecule has 0 aliphatic rings. The van der Waals surface area contributed by atoms with Crippen molar-refractivity contribution in [2.75, 3.05) is 0 Å². The molecule has 4 nitrogen and oxygen atoms in total. The van der Waals surface area contributed by atoms with E-state index in [2.05, 4.69) is 27.7 Å². The average Bonchev–Trinajstić information content (AvgIpc) is 2.79. The molecule has 0 saturated heterocycles. The van der Waals surface area contributed by atoms with Crippen molar-refractivity contribution in [1.29, 1.82) is 0 Å². The van der Waals surface area contributed by atoms with E-state index in [-0.39, 0.29) is 24.8 Å². The van der Waals surface area contributed by atoms with Crippen LogP contribution in [0.25, 0.3) is 0 Å². The fourth-order valence-corrected chi connectivity index (χ4v) is 3.69. The number of rotatable bonds is 21. The number of allylic oxidation sites excluding steroid dienone is 2. The predicted molar refractivity (Wildman–Crippen MR) is 134 cm³/mol. The van der Waals surface area contributed by atoms with E-state index in [0.29, 0.717) is 11.8 Å². The first-order valence-electron chi connectivity index (χ1n) is 13.3. The summed E-state index contributed by atoms with van der Waals surface area (Å²) in [6, 6.07) is 0. The molecule has 0 saturated carbocycles. The molecule has 186 valence electrons. The highest BCUT2D eigenvalue weighted by molar-refractivity contribution is 5.78. The Hall–Kier alpha value is -1.58. The Morgan fingerprint density at radius 2 is 0.906 bits per heavy atom. The molecule has 32 heavy (non-hydrogen) atoms. The molecule has 0 N–H and O–H groups in total. The van der Waals surface area contributed by atoms with Crippen LogP contribution in [0.3, 0.4) is 0 Å². The number of esters is 2. The fraction of sp³-hybridized carbons (Fsp3) is 0.786. The lowest BCUT2D eigenvalue weighted by Crippen LogP contribution is -2.07. The van der Waals surface area contributed by atoms with Crippen LogP contribution in [0.2, 0.25) is 0 Å². The van der Waals surface area contributed by atoms with Crippen LogP contribution in [0.1, 0.15) is 130 Å². The van der Waals surface area contributed by atoms with Gasteiger partial charge in [0, 0.05) is 0 Å². The van der Waals surface area contributed by atoms with Crippen molar-refractivity contribution in [3.05, 3.63) is 24.7 Å². The van der Waals surface area contributed by atoms with Crippen LogP contribution < -0.4 is 0 Å². The van der Waals surface area contributed by atoms with Crippen molar-refractivity contribution in [2.45, 2.75) is 130 Å². The van der Waals surface area contributed by atoms with Crippen molar-refractivity contribution in [2.24, 2.45) is 11.8 Å². The summed E-state index contributed by atoms with van der Waals surface area (Å²) in [7, 11) is 0. The number of carbonyl (C=O) groups excluding carboxylic acids is 2. The minimum absolute atomic E-state index is 0.0439. The largest absolute Gasteiger partial charge is 0.435 e. The third kappa shape index (κ3) is 19.1. The quantitative estimate of drug-likeness (QED) is 0.0997. The Morgan fingerprint density at radius 1 is 0.562 bits per heavy atom. The van der Waals surface area contributed by atoms with Crippen LogP contribution in [0.5, 0.6) is 0 Å². The molecule has 0 radical (unpaired) electrons. The lowest BCUT2D eigenvalue weighted by molar-refractivity contribution is -0.144. The number of ether oxygens (including phenoxy) is 2. The molecule has 4 heteroatoms. The summed E-state index contributed by atoms with van der Waals surface area (Å²) in [4.78, 5) is 23.9. The second kappa shape index (κ2) is 22.6. The van der Waals surface area contributed by atoms with Crippen LogP contribution in [0, 0.1) is 11.8 Å². The first kappa shape index (κ1) is 30.4. The number of hydrogen-bond acceptors (Lipinski definition) is 4. The zero-order valence-electron chi connectivity index (χ0n) is 21.4. The van der Waals surface area contributed by atoms with Crippen LogP contribution in [0.4, 0.5) is 0 Å². The zero-order valence-corrected chi connectivity index (χ0v) is 21.4. The van der Waals surface area contributed by atoms with Gasteiger partial charge in [-0.3, -0.25) is 9.59 Å². The van der Waals surface area contributed by atoms with Crippen molar-refractivity contribution in [3.8, 4) is 0 Å². The van der Waals surface area contributed by atoms with Crippen LogP contribution in [-0.4, -0.2) is 11.9 Å². The lowest BCUT2D eigenvalue weighted by Gasteiger charge is -2.12. The standard InChI is InChI=1S/C28H50O4/c1-5-9-13-17-25(15-11-7-3)21-23-31-27(29)19-20-28(30)32-24-22-26(16-12-8-4)18-14-10-6-2/h21-26H,5-20H2,1-4H3. The number of hydrogen-bond donors (Lipinski definition) is 0. The maximum atomic E-state index is 12.0. The molecule has 0 heterocycles. The van der Waals surface area contributed by atoms with Gasteiger partial charge in [-0.25, -0.2) is 0 Å². The molecule has 0 rings (SSSR count). The molecule has 0 aromatic rings.